The zero-order valence-electron chi connectivity index (χ0n) is 11.8. The van der Waals surface area contributed by atoms with Gasteiger partial charge in [-0.05, 0) is 61.0 Å². The van der Waals surface area contributed by atoms with E-state index in [4.69, 9.17) is 4.74 Å². The number of aryl methyl sites for hydroxylation is 1. The van der Waals surface area contributed by atoms with Crippen molar-refractivity contribution in [1.29, 1.82) is 0 Å². The van der Waals surface area contributed by atoms with Crippen LogP contribution in [0.1, 0.15) is 31.4 Å². The van der Waals surface area contributed by atoms with Crippen molar-refractivity contribution in [2.75, 3.05) is 20.7 Å². The van der Waals surface area contributed by atoms with Crippen LogP contribution >= 0.6 is 0 Å². The fourth-order valence-electron chi connectivity index (χ4n) is 4.41. The van der Waals surface area contributed by atoms with Gasteiger partial charge in [-0.3, -0.25) is 0 Å². The Labute approximate surface area is 110 Å². The minimum absolute atomic E-state index is 0.389. The van der Waals surface area contributed by atoms with Crippen LogP contribution in [0.4, 0.5) is 0 Å². The second-order valence-electron chi connectivity index (χ2n) is 6.33. The number of rotatable bonds is 3. The molecule has 1 N–H and O–H groups in total. The molecule has 0 saturated heterocycles. The maximum Gasteiger partial charge on any atom is 0.119 e. The first-order valence-electron chi connectivity index (χ1n) is 6.90. The number of benzene rings is 1. The molecule has 1 saturated carbocycles. The van der Waals surface area contributed by atoms with E-state index in [0.29, 0.717) is 10.8 Å². The van der Waals surface area contributed by atoms with Gasteiger partial charge in [0.1, 0.15) is 5.75 Å². The van der Waals surface area contributed by atoms with Crippen molar-refractivity contribution < 1.29 is 4.74 Å². The van der Waals surface area contributed by atoms with Crippen LogP contribution in [-0.4, -0.2) is 20.7 Å². The smallest absolute Gasteiger partial charge is 0.119 e. The summed E-state index contributed by atoms with van der Waals surface area (Å²) in [7, 11) is 3.82. The predicted molar refractivity (Wildman–Crippen MR) is 74.2 cm³/mol. The second kappa shape index (κ2) is 3.74. The SMILES string of the molecule is CNCC1C(C)(C)C12CCc1ccc(OC)cc12. The van der Waals surface area contributed by atoms with Crippen molar-refractivity contribution in [3.63, 3.8) is 0 Å². The topological polar surface area (TPSA) is 21.3 Å². The van der Waals surface area contributed by atoms with E-state index in [2.05, 4.69) is 44.4 Å². The molecule has 0 aromatic heterocycles. The first-order chi connectivity index (χ1) is 8.57. The number of hydrogen-bond donors (Lipinski definition) is 1. The Kier molecular flexibility index (Phi) is 2.50. The van der Waals surface area contributed by atoms with Crippen LogP contribution in [0.15, 0.2) is 18.2 Å². The highest BCUT2D eigenvalue weighted by molar-refractivity contribution is 5.52. The number of methoxy groups -OCH3 is 1. The van der Waals surface area contributed by atoms with Gasteiger partial charge in [-0.25, -0.2) is 0 Å². The van der Waals surface area contributed by atoms with Crippen LogP contribution in [-0.2, 0) is 11.8 Å². The molecule has 2 aliphatic rings. The molecule has 18 heavy (non-hydrogen) atoms. The van der Waals surface area contributed by atoms with Crippen molar-refractivity contribution in [2.45, 2.75) is 32.1 Å². The molecule has 2 aliphatic carbocycles. The lowest BCUT2D eigenvalue weighted by Crippen LogP contribution is -2.16. The van der Waals surface area contributed by atoms with Gasteiger partial charge in [0.25, 0.3) is 0 Å². The van der Waals surface area contributed by atoms with Crippen LogP contribution in [0.25, 0.3) is 0 Å². The Morgan fingerprint density at radius 1 is 1.39 bits per heavy atom. The summed E-state index contributed by atoms with van der Waals surface area (Å²) in [4.78, 5) is 0. The van der Waals surface area contributed by atoms with Crippen molar-refractivity contribution in [2.24, 2.45) is 11.3 Å². The van der Waals surface area contributed by atoms with Crippen molar-refractivity contribution >= 4 is 0 Å². The highest BCUT2D eigenvalue weighted by Gasteiger charge is 2.72. The molecule has 2 unspecified atom stereocenters. The van der Waals surface area contributed by atoms with Crippen molar-refractivity contribution in [3.05, 3.63) is 29.3 Å². The average Bonchev–Trinajstić information content (AvgIpc) is 2.71. The maximum absolute atomic E-state index is 5.41. The molecule has 1 fully saturated rings. The van der Waals surface area contributed by atoms with Crippen LogP contribution in [0, 0.1) is 11.3 Å². The third-order valence-electron chi connectivity index (χ3n) is 5.53. The molecule has 0 heterocycles. The summed E-state index contributed by atoms with van der Waals surface area (Å²) in [6.07, 6.45) is 2.53. The number of nitrogens with one attached hydrogen (secondary N) is 1. The highest BCUT2D eigenvalue weighted by Crippen LogP contribution is 2.73. The summed E-state index contributed by atoms with van der Waals surface area (Å²) in [6.45, 7) is 5.96. The molecule has 1 spiro atoms. The van der Waals surface area contributed by atoms with Gasteiger partial charge in [0.15, 0.2) is 0 Å². The molecule has 0 radical (unpaired) electrons. The second-order valence-corrected chi connectivity index (χ2v) is 6.33. The summed E-state index contributed by atoms with van der Waals surface area (Å²) in [5.41, 5.74) is 3.88. The number of ether oxygens (including phenoxy) is 1. The van der Waals surface area contributed by atoms with E-state index in [9.17, 15) is 0 Å². The molecular formula is C16H23NO. The molecule has 98 valence electrons. The van der Waals surface area contributed by atoms with Crippen LogP contribution < -0.4 is 10.1 Å². The molecule has 1 aromatic carbocycles. The fourth-order valence-corrected chi connectivity index (χ4v) is 4.41. The van der Waals surface area contributed by atoms with Gasteiger partial charge in [-0.2, -0.15) is 0 Å². The van der Waals surface area contributed by atoms with E-state index in [1.807, 2.05) is 0 Å². The summed E-state index contributed by atoms with van der Waals surface area (Å²) in [5.74, 6) is 1.75. The van der Waals surface area contributed by atoms with Crippen molar-refractivity contribution in [1.82, 2.24) is 5.32 Å². The Morgan fingerprint density at radius 2 is 2.17 bits per heavy atom. The Bertz CT molecular complexity index is 480. The molecule has 2 nitrogen and oxygen atoms in total. The van der Waals surface area contributed by atoms with Gasteiger partial charge in [-0.15, -0.1) is 0 Å². The minimum atomic E-state index is 0.389. The molecule has 2 atom stereocenters. The van der Waals surface area contributed by atoms with Gasteiger partial charge in [0.2, 0.25) is 0 Å². The lowest BCUT2D eigenvalue weighted by molar-refractivity contribution is 0.412. The summed E-state index contributed by atoms with van der Waals surface area (Å²) in [5, 5.41) is 3.36. The van der Waals surface area contributed by atoms with E-state index in [-0.39, 0.29) is 0 Å². The van der Waals surface area contributed by atoms with E-state index in [0.717, 1.165) is 18.2 Å². The number of fused-ring (bicyclic) bond motifs is 2. The lowest BCUT2D eigenvalue weighted by atomic mass is 9.89. The quantitative estimate of drug-likeness (QED) is 0.884. The van der Waals surface area contributed by atoms with Crippen LogP contribution in [0.5, 0.6) is 5.75 Å². The van der Waals surface area contributed by atoms with Crippen molar-refractivity contribution in [3.8, 4) is 5.75 Å². The third-order valence-corrected chi connectivity index (χ3v) is 5.53. The molecule has 2 heteroatoms. The third kappa shape index (κ3) is 1.27. The van der Waals surface area contributed by atoms with Gasteiger partial charge < -0.3 is 10.1 Å². The first-order valence-corrected chi connectivity index (χ1v) is 6.90. The molecular weight excluding hydrogens is 222 g/mol. The first kappa shape index (κ1) is 12.0. The van der Waals surface area contributed by atoms with Crippen LogP contribution in [0.2, 0.25) is 0 Å². The fraction of sp³-hybridized carbons (Fsp3) is 0.625. The van der Waals surface area contributed by atoms with E-state index < -0.39 is 0 Å². The zero-order valence-corrected chi connectivity index (χ0v) is 11.8. The van der Waals surface area contributed by atoms with Gasteiger partial charge in [0, 0.05) is 5.41 Å². The van der Waals surface area contributed by atoms with Gasteiger partial charge in [0.05, 0.1) is 7.11 Å². The standard InChI is InChI=1S/C16H23NO/c1-15(2)14(10-17-3)16(15)8-7-11-5-6-12(18-4)9-13(11)16/h5-6,9,14,17H,7-8,10H2,1-4H3. The van der Waals surface area contributed by atoms with E-state index >= 15 is 0 Å². The Morgan fingerprint density at radius 3 is 2.83 bits per heavy atom. The molecule has 0 amide bonds. The Balaban J connectivity index is 2.04. The summed E-state index contributed by atoms with van der Waals surface area (Å²) in [6, 6.07) is 6.63. The van der Waals surface area contributed by atoms with Gasteiger partial charge >= 0.3 is 0 Å². The molecule has 1 aromatic rings. The summed E-state index contributed by atoms with van der Waals surface area (Å²) >= 11 is 0. The minimum Gasteiger partial charge on any atom is -0.497 e. The van der Waals surface area contributed by atoms with Gasteiger partial charge in [-0.1, -0.05) is 19.9 Å². The number of hydrogen-bond acceptors (Lipinski definition) is 2. The predicted octanol–water partition coefficient (Wildman–Crippen LogP) is 2.75. The maximum atomic E-state index is 5.41. The van der Waals surface area contributed by atoms with Crippen LogP contribution in [0.3, 0.4) is 0 Å². The van der Waals surface area contributed by atoms with E-state index in [1.165, 1.54) is 18.4 Å². The largest absolute Gasteiger partial charge is 0.497 e. The highest BCUT2D eigenvalue weighted by atomic mass is 16.5. The average molecular weight is 245 g/mol. The Hall–Kier alpha value is -1.02. The lowest BCUT2D eigenvalue weighted by Gasteiger charge is -2.16. The molecule has 0 bridgehead atoms. The van der Waals surface area contributed by atoms with E-state index in [1.54, 1.807) is 12.7 Å². The normalized spacial score (nSPS) is 31.4. The monoisotopic (exact) mass is 245 g/mol. The summed E-state index contributed by atoms with van der Waals surface area (Å²) < 4.78 is 5.41. The molecule has 0 aliphatic heterocycles. The zero-order chi connectivity index (χ0) is 13.0. The molecule has 3 rings (SSSR count).